The fraction of sp³-hybridized carbons (Fsp3) is 0.423. The molecule has 0 radical (unpaired) electrons. The van der Waals surface area contributed by atoms with Crippen molar-refractivity contribution in [2.75, 3.05) is 30.9 Å². The first-order valence-corrected chi connectivity index (χ1v) is 12.6. The minimum atomic E-state index is -4.71. The van der Waals surface area contributed by atoms with Crippen LogP contribution < -0.4 is 20.3 Å². The average Bonchev–Trinajstić information content (AvgIpc) is 2.80. The first-order valence-electron chi connectivity index (χ1n) is 11.8. The van der Waals surface area contributed by atoms with Crippen molar-refractivity contribution in [3.8, 4) is 5.75 Å². The number of anilines is 2. The molecule has 0 saturated heterocycles. The molecule has 0 atom stereocenters. The number of halogens is 6. The van der Waals surface area contributed by atoms with E-state index in [4.69, 9.17) is 4.98 Å². The van der Waals surface area contributed by atoms with Gasteiger partial charge in [0.05, 0.1) is 5.52 Å². The number of pyridine rings is 1. The van der Waals surface area contributed by atoms with Gasteiger partial charge < -0.3 is 20.3 Å². The first-order chi connectivity index (χ1) is 16.7. The minimum absolute atomic E-state index is 0. The van der Waals surface area contributed by atoms with E-state index in [9.17, 15) is 13.2 Å². The summed E-state index contributed by atoms with van der Waals surface area (Å²) in [5.74, 6) is 1.20. The molecule has 2 aromatic carbocycles. The van der Waals surface area contributed by atoms with E-state index in [1.54, 1.807) is 12.1 Å². The molecule has 5 nitrogen and oxygen atoms in total. The molecule has 1 aromatic heterocycles. The molecular formula is C26H32BrCl2F3N4O. The number of ether oxygens (including phenoxy) is 1. The molecule has 0 amide bonds. The van der Waals surface area contributed by atoms with Gasteiger partial charge in [0, 0.05) is 53.9 Å². The quantitative estimate of drug-likeness (QED) is 0.271. The topological polar surface area (TPSA) is 49.4 Å². The van der Waals surface area contributed by atoms with Crippen molar-refractivity contribution in [1.29, 1.82) is 0 Å². The van der Waals surface area contributed by atoms with Crippen LogP contribution in [0.15, 0.2) is 53.0 Å². The highest BCUT2D eigenvalue weighted by atomic mass is 79.9. The molecule has 1 aliphatic carbocycles. The van der Waals surface area contributed by atoms with Crippen molar-refractivity contribution >= 4 is 63.2 Å². The molecule has 3 aromatic rings. The molecule has 1 saturated carbocycles. The lowest BCUT2D eigenvalue weighted by Crippen LogP contribution is -2.31. The Bertz CT molecular complexity index is 1160. The summed E-state index contributed by atoms with van der Waals surface area (Å²) in [6.45, 7) is 1.08. The van der Waals surface area contributed by atoms with Crippen molar-refractivity contribution in [3.63, 3.8) is 0 Å². The molecule has 204 valence electrons. The number of para-hydroxylation sites is 1. The summed E-state index contributed by atoms with van der Waals surface area (Å²) in [7, 11) is 4.08. The summed E-state index contributed by atoms with van der Waals surface area (Å²) in [6.07, 6.45) is -0.568. The van der Waals surface area contributed by atoms with Crippen molar-refractivity contribution in [2.24, 2.45) is 5.92 Å². The van der Waals surface area contributed by atoms with Gasteiger partial charge in [0.15, 0.2) is 0 Å². The normalized spacial score (nSPS) is 17.5. The third-order valence-electron chi connectivity index (χ3n) is 6.38. The maximum absolute atomic E-state index is 12.7. The maximum Gasteiger partial charge on any atom is 0.573 e. The van der Waals surface area contributed by atoms with Crippen LogP contribution >= 0.6 is 40.7 Å². The number of nitrogens with one attached hydrogen (secondary N) is 2. The Kier molecular flexibility index (Phi) is 11.6. The van der Waals surface area contributed by atoms with Crippen LogP contribution in [-0.2, 0) is 6.54 Å². The molecule has 11 heteroatoms. The Balaban J connectivity index is 0.00000241. The largest absolute Gasteiger partial charge is 0.573 e. The van der Waals surface area contributed by atoms with Gasteiger partial charge in [0.1, 0.15) is 11.6 Å². The lowest BCUT2D eigenvalue weighted by atomic mass is 9.86. The summed E-state index contributed by atoms with van der Waals surface area (Å²) in [6, 6.07) is 15.3. The van der Waals surface area contributed by atoms with Crippen molar-refractivity contribution in [3.05, 3.63) is 58.6 Å². The number of aromatic nitrogens is 1. The van der Waals surface area contributed by atoms with Crippen molar-refractivity contribution in [2.45, 2.75) is 44.6 Å². The number of hydrogen-bond donors (Lipinski definition) is 2. The van der Waals surface area contributed by atoms with Crippen LogP contribution in [-0.4, -0.2) is 38.0 Å². The number of hydrogen-bond acceptors (Lipinski definition) is 5. The molecule has 0 unspecified atom stereocenters. The van der Waals surface area contributed by atoms with E-state index in [1.807, 2.05) is 32.3 Å². The Hall–Kier alpha value is -1.94. The number of alkyl halides is 3. The fourth-order valence-electron chi connectivity index (χ4n) is 4.63. The third kappa shape index (κ3) is 8.80. The maximum atomic E-state index is 12.7. The monoisotopic (exact) mass is 622 g/mol. The van der Waals surface area contributed by atoms with E-state index < -0.39 is 6.36 Å². The van der Waals surface area contributed by atoms with Crippen LogP contribution in [0.4, 0.5) is 24.7 Å². The SMILES string of the molecule is CN(C)c1cc(N[C@H]2CC[C@@H](CNCc3ccc(Br)cc3OC(F)(F)F)CC2)nc2ccccc12.Cl.Cl. The van der Waals surface area contributed by atoms with Gasteiger partial charge in [-0.2, -0.15) is 0 Å². The summed E-state index contributed by atoms with van der Waals surface area (Å²) in [4.78, 5) is 6.91. The summed E-state index contributed by atoms with van der Waals surface area (Å²) >= 11 is 3.21. The van der Waals surface area contributed by atoms with Gasteiger partial charge in [-0.05, 0) is 56.3 Å². The minimum Gasteiger partial charge on any atom is -0.405 e. The molecule has 1 aliphatic rings. The number of fused-ring (bicyclic) bond motifs is 1. The Morgan fingerprint density at radius 1 is 1.03 bits per heavy atom. The zero-order valence-corrected chi connectivity index (χ0v) is 23.9. The molecule has 4 rings (SSSR count). The molecule has 0 aliphatic heterocycles. The van der Waals surface area contributed by atoms with E-state index in [0.29, 0.717) is 28.5 Å². The van der Waals surface area contributed by atoms with Crippen LogP contribution in [0.1, 0.15) is 31.2 Å². The van der Waals surface area contributed by atoms with E-state index >= 15 is 0 Å². The van der Waals surface area contributed by atoms with E-state index in [1.165, 1.54) is 6.07 Å². The van der Waals surface area contributed by atoms with Gasteiger partial charge >= 0.3 is 6.36 Å². The lowest BCUT2D eigenvalue weighted by molar-refractivity contribution is -0.274. The number of nitrogens with zero attached hydrogens (tertiary/aromatic N) is 2. The second-order valence-corrected chi connectivity index (χ2v) is 10.1. The molecule has 1 heterocycles. The fourth-order valence-corrected chi connectivity index (χ4v) is 4.97. The summed E-state index contributed by atoms with van der Waals surface area (Å²) in [5, 5.41) is 8.07. The van der Waals surface area contributed by atoms with Crippen LogP contribution in [0.25, 0.3) is 10.9 Å². The molecule has 0 spiro atoms. The van der Waals surface area contributed by atoms with E-state index in [-0.39, 0.29) is 30.6 Å². The van der Waals surface area contributed by atoms with Gasteiger partial charge in [0.2, 0.25) is 0 Å². The highest BCUT2D eigenvalue weighted by molar-refractivity contribution is 9.10. The number of benzene rings is 2. The third-order valence-corrected chi connectivity index (χ3v) is 6.87. The Morgan fingerprint density at radius 2 is 1.73 bits per heavy atom. The smallest absolute Gasteiger partial charge is 0.405 e. The van der Waals surface area contributed by atoms with Gasteiger partial charge in [-0.3, -0.25) is 0 Å². The second kappa shape index (κ2) is 13.7. The summed E-state index contributed by atoms with van der Waals surface area (Å²) in [5.41, 5.74) is 2.60. The standard InChI is InChI=1S/C26H30BrF3N4O.2ClH/c1-34(2)23-14-25(33-22-6-4-3-5-21(22)23)32-20-11-7-17(8-12-20)15-31-16-18-9-10-19(27)13-24(18)35-26(28,29)30;;/h3-6,9-10,13-14,17,20,31H,7-8,11-12,15-16H2,1-2H3,(H,32,33);2*1H/t17-,20+;;. The van der Waals surface area contributed by atoms with Gasteiger partial charge in [-0.25, -0.2) is 4.98 Å². The molecule has 37 heavy (non-hydrogen) atoms. The zero-order chi connectivity index (χ0) is 25.0. The predicted molar refractivity (Wildman–Crippen MR) is 152 cm³/mol. The summed E-state index contributed by atoms with van der Waals surface area (Å²) < 4.78 is 42.9. The zero-order valence-electron chi connectivity index (χ0n) is 20.6. The van der Waals surface area contributed by atoms with Crippen molar-refractivity contribution in [1.82, 2.24) is 10.3 Å². The van der Waals surface area contributed by atoms with Crippen LogP contribution in [0.2, 0.25) is 0 Å². The Morgan fingerprint density at radius 3 is 2.41 bits per heavy atom. The predicted octanol–water partition coefficient (Wildman–Crippen LogP) is 7.57. The van der Waals surface area contributed by atoms with Crippen LogP contribution in [0.3, 0.4) is 0 Å². The van der Waals surface area contributed by atoms with Crippen molar-refractivity contribution < 1.29 is 17.9 Å². The molecule has 0 bridgehead atoms. The highest BCUT2D eigenvalue weighted by Crippen LogP contribution is 2.32. The average molecular weight is 624 g/mol. The lowest BCUT2D eigenvalue weighted by Gasteiger charge is -2.30. The van der Waals surface area contributed by atoms with Gasteiger partial charge in [-0.1, -0.05) is 40.2 Å². The highest BCUT2D eigenvalue weighted by Gasteiger charge is 2.32. The van der Waals surface area contributed by atoms with Crippen LogP contribution in [0.5, 0.6) is 5.75 Å². The van der Waals surface area contributed by atoms with E-state index in [2.05, 4.69) is 48.3 Å². The molecule has 2 N–H and O–H groups in total. The van der Waals surface area contributed by atoms with E-state index in [0.717, 1.165) is 54.6 Å². The number of rotatable bonds is 8. The molecule has 1 fully saturated rings. The second-order valence-electron chi connectivity index (χ2n) is 9.23. The van der Waals surface area contributed by atoms with Gasteiger partial charge in [0.25, 0.3) is 0 Å². The Labute approximate surface area is 236 Å². The van der Waals surface area contributed by atoms with Crippen LogP contribution in [0, 0.1) is 5.92 Å². The molecular weight excluding hydrogens is 592 g/mol. The van der Waals surface area contributed by atoms with Gasteiger partial charge in [-0.15, -0.1) is 38.0 Å². The first kappa shape index (κ1) is 31.3.